The minimum absolute atomic E-state index is 0.0869. The van der Waals surface area contributed by atoms with E-state index < -0.39 is 5.97 Å². The van der Waals surface area contributed by atoms with Crippen molar-refractivity contribution in [2.45, 2.75) is 13.8 Å². The monoisotopic (exact) mass is 270 g/mol. The number of benzene rings is 1. The van der Waals surface area contributed by atoms with Gasteiger partial charge in [0.15, 0.2) is 5.76 Å². The van der Waals surface area contributed by atoms with Crippen molar-refractivity contribution >= 4 is 16.9 Å². The SMILES string of the molecule is Cc1cccc2c1c(-c1oncc1C(=O)O)c(C)n2C. The first-order valence-corrected chi connectivity index (χ1v) is 6.25. The number of rotatable bonds is 2. The largest absolute Gasteiger partial charge is 0.477 e. The Morgan fingerprint density at radius 1 is 1.35 bits per heavy atom. The van der Waals surface area contributed by atoms with Crippen LogP contribution in [0.5, 0.6) is 0 Å². The van der Waals surface area contributed by atoms with Crippen molar-refractivity contribution in [3.8, 4) is 11.3 Å². The van der Waals surface area contributed by atoms with Crippen LogP contribution in [-0.2, 0) is 7.05 Å². The van der Waals surface area contributed by atoms with Gasteiger partial charge in [0.05, 0.1) is 6.20 Å². The molecule has 0 aliphatic rings. The van der Waals surface area contributed by atoms with Gasteiger partial charge in [-0.05, 0) is 25.5 Å². The first-order valence-electron chi connectivity index (χ1n) is 6.25. The Balaban J connectivity index is 2.45. The lowest BCUT2D eigenvalue weighted by atomic mass is 10.0. The second-order valence-electron chi connectivity index (χ2n) is 4.86. The zero-order valence-electron chi connectivity index (χ0n) is 11.5. The van der Waals surface area contributed by atoms with E-state index in [9.17, 15) is 9.90 Å². The van der Waals surface area contributed by atoms with Gasteiger partial charge in [-0.25, -0.2) is 4.79 Å². The molecule has 0 unspecified atom stereocenters. The fourth-order valence-electron chi connectivity index (χ4n) is 2.64. The molecule has 0 bridgehead atoms. The number of hydrogen-bond acceptors (Lipinski definition) is 3. The molecule has 102 valence electrons. The molecule has 0 saturated heterocycles. The van der Waals surface area contributed by atoms with Gasteiger partial charge in [-0.2, -0.15) is 0 Å². The molecule has 0 spiro atoms. The van der Waals surface area contributed by atoms with Gasteiger partial charge >= 0.3 is 5.97 Å². The number of carboxylic acid groups (broad SMARTS) is 1. The first-order chi connectivity index (χ1) is 9.52. The lowest BCUT2D eigenvalue weighted by Crippen LogP contribution is -1.97. The molecule has 3 aromatic rings. The van der Waals surface area contributed by atoms with Crippen LogP contribution in [0.25, 0.3) is 22.2 Å². The Morgan fingerprint density at radius 3 is 2.80 bits per heavy atom. The van der Waals surface area contributed by atoms with Crippen LogP contribution in [0.15, 0.2) is 28.9 Å². The summed E-state index contributed by atoms with van der Waals surface area (Å²) in [7, 11) is 1.96. The van der Waals surface area contributed by atoms with Gasteiger partial charge in [-0.3, -0.25) is 0 Å². The predicted molar refractivity (Wildman–Crippen MR) is 74.8 cm³/mol. The number of aromatic carboxylic acids is 1. The summed E-state index contributed by atoms with van der Waals surface area (Å²) in [5.41, 5.74) is 3.96. The summed E-state index contributed by atoms with van der Waals surface area (Å²) in [4.78, 5) is 11.3. The third-order valence-electron chi connectivity index (χ3n) is 3.75. The van der Waals surface area contributed by atoms with Gasteiger partial charge in [-0.15, -0.1) is 0 Å². The molecule has 2 heterocycles. The van der Waals surface area contributed by atoms with E-state index in [0.717, 1.165) is 27.7 Å². The molecule has 0 saturated carbocycles. The molecule has 0 fully saturated rings. The zero-order chi connectivity index (χ0) is 14.4. The fraction of sp³-hybridized carbons (Fsp3) is 0.200. The van der Waals surface area contributed by atoms with E-state index in [2.05, 4.69) is 5.16 Å². The van der Waals surface area contributed by atoms with Gasteiger partial charge in [0, 0.05) is 29.2 Å². The Kier molecular flexibility index (Phi) is 2.64. The average molecular weight is 270 g/mol. The third-order valence-corrected chi connectivity index (χ3v) is 3.75. The highest BCUT2D eigenvalue weighted by Gasteiger charge is 2.24. The van der Waals surface area contributed by atoms with E-state index >= 15 is 0 Å². The Morgan fingerprint density at radius 2 is 2.10 bits per heavy atom. The Bertz CT molecular complexity index is 827. The molecule has 3 rings (SSSR count). The predicted octanol–water partition coefficient (Wildman–Crippen LogP) is 3.15. The molecular weight excluding hydrogens is 256 g/mol. The minimum Gasteiger partial charge on any atom is -0.477 e. The molecular formula is C15H14N2O3. The summed E-state index contributed by atoms with van der Waals surface area (Å²) in [6, 6.07) is 6.00. The lowest BCUT2D eigenvalue weighted by molar-refractivity contribution is 0.0697. The second-order valence-corrected chi connectivity index (χ2v) is 4.86. The highest BCUT2D eigenvalue weighted by atomic mass is 16.5. The van der Waals surface area contributed by atoms with Gasteiger partial charge in [0.2, 0.25) is 0 Å². The molecule has 0 atom stereocenters. The standard InChI is InChI=1S/C15H14N2O3/c1-8-5-4-6-11-12(8)13(9(2)17(11)3)14-10(15(18)19)7-16-20-14/h4-7H,1-3H3,(H,18,19). The molecule has 0 aliphatic heterocycles. The average Bonchev–Trinajstić information content (AvgIpc) is 2.97. The number of carbonyl (C=O) groups is 1. The lowest BCUT2D eigenvalue weighted by Gasteiger charge is -2.01. The topological polar surface area (TPSA) is 68.3 Å². The molecule has 20 heavy (non-hydrogen) atoms. The number of aromatic nitrogens is 2. The molecule has 1 N–H and O–H groups in total. The number of carboxylic acids is 1. The van der Waals surface area contributed by atoms with Crippen molar-refractivity contribution in [2.24, 2.45) is 7.05 Å². The van der Waals surface area contributed by atoms with E-state index in [-0.39, 0.29) is 5.56 Å². The smallest absolute Gasteiger partial charge is 0.341 e. The third kappa shape index (κ3) is 1.56. The van der Waals surface area contributed by atoms with Crippen LogP contribution in [0.2, 0.25) is 0 Å². The van der Waals surface area contributed by atoms with Crippen molar-refractivity contribution in [1.29, 1.82) is 0 Å². The molecule has 5 nitrogen and oxygen atoms in total. The second kappa shape index (κ2) is 4.23. The summed E-state index contributed by atoms with van der Waals surface area (Å²) >= 11 is 0. The van der Waals surface area contributed by atoms with E-state index in [1.165, 1.54) is 6.20 Å². The van der Waals surface area contributed by atoms with Crippen LogP contribution < -0.4 is 0 Å². The van der Waals surface area contributed by atoms with Crippen molar-refractivity contribution in [3.05, 3.63) is 41.2 Å². The first kappa shape index (κ1) is 12.5. The van der Waals surface area contributed by atoms with Gasteiger partial charge in [-0.1, -0.05) is 17.3 Å². The van der Waals surface area contributed by atoms with Crippen molar-refractivity contribution in [1.82, 2.24) is 9.72 Å². The van der Waals surface area contributed by atoms with Crippen LogP contribution in [0.4, 0.5) is 0 Å². The number of fused-ring (bicyclic) bond motifs is 1. The Labute approximate surface area is 115 Å². The van der Waals surface area contributed by atoms with E-state index in [1.807, 2.05) is 43.7 Å². The summed E-state index contributed by atoms with van der Waals surface area (Å²) < 4.78 is 7.26. The quantitative estimate of drug-likeness (QED) is 0.776. The van der Waals surface area contributed by atoms with Crippen molar-refractivity contribution < 1.29 is 14.4 Å². The number of nitrogens with zero attached hydrogens (tertiary/aromatic N) is 2. The molecule has 0 radical (unpaired) electrons. The molecule has 5 heteroatoms. The molecule has 0 amide bonds. The van der Waals surface area contributed by atoms with Crippen LogP contribution in [0.1, 0.15) is 21.6 Å². The highest BCUT2D eigenvalue weighted by molar-refractivity contribution is 6.04. The molecule has 2 aromatic heterocycles. The van der Waals surface area contributed by atoms with Crippen molar-refractivity contribution in [2.75, 3.05) is 0 Å². The van der Waals surface area contributed by atoms with Gasteiger partial charge in [0.25, 0.3) is 0 Å². The molecule has 0 aliphatic carbocycles. The summed E-state index contributed by atoms with van der Waals surface area (Å²) in [6.45, 7) is 3.95. The minimum atomic E-state index is -1.04. The van der Waals surface area contributed by atoms with E-state index in [0.29, 0.717) is 5.76 Å². The number of hydrogen-bond donors (Lipinski definition) is 1. The summed E-state index contributed by atoms with van der Waals surface area (Å²) in [6.07, 6.45) is 1.24. The fourth-order valence-corrected chi connectivity index (χ4v) is 2.64. The maximum Gasteiger partial charge on any atom is 0.341 e. The number of aryl methyl sites for hydroxylation is 2. The van der Waals surface area contributed by atoms with Gasteiger partial charge in [0.1, 0.15) is 5.56 Å². The van der Waals surface area contributed by atoms with Crippen molar-refractivity contribution in [3.63, 3.8) is 0 Å². The normalized spacial score (nSPS) is 11.2. The van der Waals surface area contributed by atoms with Crippen LogP contribution >= 0.6 is 0 Å². The zero-order valence-corrected chi connectivity index (χ0v) is 11.5. The van der Waals surface area contributed by atoms with E-state index in [4.69, 9.17) is 4.52 Å². The molecule has 1 aromatic carbocycles. The highest BCUT2D eigenvalue weighted by Crippen LogP contribution is 2.37. The Hall–Kier alpha value is -2.56. The van der Waals surface area contributed by atoms with Crippen LogP contribution in [0.3, 0.4) is 0 Å². The van der Waals surface area contributed by atoms with E-state index in [1.54, 1.807) is 0 Å². The maximum absolute atomic E-state index is 11.3. The van der Waals surface area contributed by atoms with Gasteiger partial charge < -0.3 is 14.2 Å². The maximum atomic E-state index is 11.3. The summed E-state index contributed by atoms with van der Waals surface area (Å²) in [5.74, 6) is -0.721. The van der Waals surface area contributed by atoms with Crippen LogP contribution in [-0.4, -0.2) is 20.8 Å². The summed E-state index contributed by atoms with van der Waals surface area (Å²) in [5, 5.41) is 13.9. The van der Waals surface area contributed by atoms with Crippen LogP contribution in [0, 0.1) is 13.8 Å².